The molecule has 11 heteroatoms. The summed E-state index contributed by atoms with van der Waals surface area (Å²) in [6.45, 7) is 0.103. The van der Waals surface area contributed by atoms with Gasteiger partial charge in [-0.2, -0.15) is 18.2 Å². The summed E-state index contributed by atoms with van der Waals surface area (Å²) >= 11 is 0. The van der Waals surface area contributed by atoms with E-state index < -0.39 is 21.9 Å². The van der Waals surface area contributed by atoms with Crippen LogP contribution in [0.5, 0.6) is 0 Å². The number of carbonyl (C=O) groups excluding carboxylic acids is 1. The Morgan fingerprint density at radius 3 is 2.43 bits per heavy atom. The summed E-state index contributed by atoms with van der Waals surface area (Å²) in [7, 11) is -3.57. The largest absolute Gasteiger partial charge is 0.471 e. The van der Waals surface area contributed by atoms with Crippen LogP contribution < -0.4 is 4.90 Å². The molecule has 0 radical (unpaired) electrons. The van der Waals surface area contributed by atoms with Gasteiger partial charge >= 0.3 is 12.1 Å². The van der Waals surface area contributed by atoms with E-state index in [1.807, 2.05) is 0 Å². The summed E-state index contributed by atoms with van der Waals surface area (Å²) in [5.74, 6) is -2.25. The van der Waals surface area contributed by atoms with Crippen LogP contribution in [-0.4, -0.2) is 30.2 Å². The van der Waals surface area contributed by atoms with Gasteiger partial charge in [0.1, 0.15) is 0 Å². The molecule has 0 N–H and O–H groups in total. The molecule has 156 valence electrons. The lowest BCUT2D eigenvalue weighted by Crippen LogP contribution is -2.29. The predicted molar refractivity (Wildman–Crippen MR) is 99.0 cm³/mol. The van der Waals surface area contributed by atoms with Gasteiger partial charge in [-0.05, 0) is 17.7 Å². The van der Waals surface area contributed by atoms with Crippen molar-refractivity contribution in [3.05, 3.63) is 60.0 Å². The number of anilines is 1. The van der Waals surface area contributed by atoms with Crippen molar-refractivity contribution in [2.45, 2.75) is 24.0 Å². The fourth-order valence-corrected chi connectivity index (χ4v) is 4.56. The van der Waals surface area contributed by atoms with Gasteiger partial charge in [-0.1, -0.05) is 41.6 Å². The third kappa shape index (κ3) is 3.80. The highest BCUT2D eigenvalue weighted by atomic mass is 32.2. The molecule has 0 atom stereocenters. The zero-order chi connectivity index (χ0) is 21.5. The van der Waals surface area contributed by atoms with E-state index in [1.54, 1.807) is 30.3 Å². The van der Waals surface area contributed by atoms with Gasteiger partial charge in [0.05, 0.1) is 22.9 Å². The normalized spacial score (nSPS) is 16.2. The number of amides is 1. The second kappa shape index (κ2) is 7.24. The highest BCUT2D eigenvalue weighted by Gasteiger charge is 2.38. The van der Waals surface area contributed by atoms with Crippen molar-refractivity contribution in [1.29, 1.82) is 0 Å². The van der Waals surface area contributed by atoms with Crippen LogP contribution in [0.3, 0.4) is 0 Å². The maximum atomic E-state index is 12.6. The van der Waals surface area contributed by atoms with Crippen LogP contribution in [0.25, 0.3) is 11.4 Å². The average molecular weight is 437 g/mol. The highest BCUT2D eigenvalue weighted by molar-refractivity contribution is 7.91. The Hall–Kier alpha value is -3.21. The van der Waals surface area contributed by atoms with Crippen molar-refractivity contribution >= 4 is 21.4 Å². The van der Waals surface area contributed by atoms with Crippen molar-refractivity contribution < 1.29 is 30.9 Å². The van der Waals surface area contributed by atoms with Crippen LogP contribution >= 0.6 is 0 Å². The molecule has 2 heterocycles. The van der Waals surface area contributed by atoms with E-state index >= 15 is 0 Å². The molecular formula is C19H14F3N3O4S. The minimum atomic E-state index is -4.73. The molecule has 0 saturated heterocycles. The van der Waals surface area contributed by atoms with Gasteiger partial charge < -0.3 is 9.42 Å². The molecule has 2 aromatic carbocycles. The zero-order valence-electron chi connectivity index (χ0n) is 15.3. The number of nitrogens with zero attached hydrogens (tertiary/aromatic N) is 3. The molecule has 4 rings (SSSR count). The molecule has 1 amide bonds. The maximum absolute atomic E-state index is 12.6. The second-order valence-electron chi connectivity index (χ2n) is 6.63. The van der Waals surface area contributed by atoms with E-state index in [9.17, 15) is 26.4 Å². The zero-order valence-corrected chi connectivity index (χ0v) is 16.1. The van der Waals surface area contributed by atoms with Crippen LogP contribution in [0, 0.1) is 0 Å². The highest BCUT2D eigenvalue weighted by Crippen LogP contribution is 2.32. The van der Waals surface area contributed by atoms with Crippen molar-refractivity contribution in [3.8, 4) is 11.4 Å². The van der Waals surface area contributed by atoms with Gasteiger partial charge in [0.25, 0.3) is 0 Å². The number of aromatic nitrogens is 2. The Balaban J connectivity index is 1.61. The van der Waals surface area contributed by atoms with Gasteiger partial charge in [0.15, 0.2) is 9.84 Å². The van der Waals surface area contributed by atoms with E-state index in [0.717, 1.165) is 0 Å². The van der Waals surface area contributed by atoms with Crippen LogP contribution in [0.1, 0.15) is 17.9 Å². The third-order valence-corrected chi connectivity index (χ3v) is 6.36. The molecule has 0 bridgehead atoms. The minimum Gasteiger partial charge on any atom is -0.329 e. The summed E-state index contributed by atoms with van der Waals surface area (Å²) in [6, 6.07) is 12.5. The predicted octanol–water partition coefficient (Wildman–Crippen LogP) is 3.47. The van der Waals surface area contributed by atoms with E-state index in [-0.39, 0.29) is 35.3 Å². The topological polar surface area (TPSA) is 93.4 Å². The number of carbonyl (C=O) groups is 1. The molecule has 1 aliphatic rings. The number of rotatable bonds is 3. The third-order valence-electron chi connectivity index (χ3n) is 4.60. The van der Waals surface area contributed by atoms with E-state index in [0.29, 0.717) is 16.8 Å². The summed E-state index contributed by atoms with van der Waals surface area (Å²) in [5, 5.41) is 3.33. The fourth-order valence-electron chi connectivity index (χ4n) is 3.12. The van der Waals surface area contributed by atoms with Crippen molar-refractivity contribution in [3.63, 3.8) is 0 Å². The van der Waals surface area contributed by atoms with Gasteiger partial charge in [-0.15, -0.1) is 0 Å². The minimum absolute atomic E-state index is 0.0962. The molecule has 0 aliphatic carbocycles. The van der Waals surface area contributed by atoms with Crippen LogP contribution in [-0.2, 0) is 27.4 Å². The molecule has 30 heavy (non-hydrogen) atoms. The Bertz CT molecular complexity index is 1200. The standard InChI is InChI=1S/C19H14F3N3O4S/c20-19(21,22)18-23-17(24-29-18)13-7-5-12(6-8-13)11-25-14-3-1-2-4-15(14)30(27,28)10-9-16(25)26/h1-8H,9-11H2. The molecule has 1 aliphatic heterocycles. The van der Waals surface area contributed by atoms with Gasteiger partial charge in [0, 0.05) is 12.0 Å². The number of hydrogen-bond donors (Lipinski definition) is 0. The Kier molecular flexibility index (Phi) is 4.85. The number of benzene rings is 2. The van der Waals surface area contributed by atoms with Crippen molar-refractivity contribution in [1.82, 2.24) is 10.1 Å². The van der Waals surface area contributed by atoms with Gasteiger partial charge in [-0.3, -0.25) is 4.79 Å². The summed E-state index contributed by atoms with van der Waals surface area (Å²) in [5.41, 5.74) is 1.26. The Morgan fingerprint density at radius 2 is 1.77 bits per heavy atom. The quantitative estimate of drug-likeness (QED) is 0.623. The maximum Gasteiger partial charge on any atom is 0.471 e. The lowest BCUT2D eigenvalue weighted by molar-refractivity contribution is -0.159. The molecule has 1 aromatic heterocycles. The van der Waals surface area contributed by atoms with Gasteiger partial charge in [0.2, 0.25) is 11.7 Å². The number of hydrogen-bond acceptors (Lipinski definition) is 6. The summed E-state index contributed by atoms with van der Waals surface area (Å²) in [6.07, 6.45) is -4.87. The van der Waals surface area contributed by atoms with Gasteiger partial charge in [-0.25, -0.2) is 8.42 Å². The number of fused-ring (bicyclic) bond motifs is 1. The van der Waals surface area contributed by atoms with Crippen molar-refractivity contribution in [2.24, 2.45) is 0 Å². The lowest BCUT2D eigenvalue weighted by Gasteiger charge is -2.22. The lowest BCUT2D eigenvalue weighted by atomic mass is 10.1. The van der Waals surface area contributed by atoms with Crippen LogP contribution in [0.4, 0.5) is 18.9 Å². The van der Waals surface area contributed by atoms with Crippen LogP contribution in [0.15, 0.2) is 57.9 Å². The first-order chi connectivity index (χ1) is 14.1. The van der Waals surface area contributed by atoms with E-state index in [1.165, 1.54) is 23.1 Å². The number of para-hydroxylation sites is 1. The summed E-state index contributed by atoms with van der Waals surface area (Å²) < 4.78 is 66.9. The molecule has 0 spiro atoms. The molecule has 0 unspecified atom stereocenters. The molecular weight excluding hydrogens is 423 g/mol. The Labute approximate surface area is 169 Å². The molecule has 3 aromatic rings. The smallest absolute Gasteiger partial charge is 0.329 e. The van der Waals surface area contributed by atoms with Crippen molar-refractivity contribution in [2.75, 3.05) is 10.7 Å². The monoisotopic (exact) mass is 437 g/mol. The summed E-state index contributed by atoms with van der Waals surface area (Å²) in [4.78, 5) is 17.4. The number of halogens is 3. The second-order valence-corrected chi connectivity index (χ2v) is 8.71. The average Bonchev–Trinajstić information content (AvgIpc) is 3.19. The Morgan fingerprint density at radius 1 is 1.07 bits per heavy atom. The van der Waals surface area contributed by atoms with E-state index in [4.69, 9.17) is 0 Å². The van der Waals surface area contributed by atoms with Crippen LogP contribution in [0.2, 0.25) is 0 Å². The number of alkyl halides is 3. The first-order valence-corrected chi connectivity index (χ1v) is 10.4. The molecule has 0 saturated carbocycles. The molecule has 0 fully saturated rings. The fraction of sp³-hybridized carbons (Fsp3) is 0.211. The molecule has 7 nitrogen and oxygen atoms in total. The number of sulfone groups is 1. The SMILES string of the molecule is O=C1CCS(=O)(=O)c2ccccc2N1Cc1ccc(-c2noc(C(F)(F)F)n2)cc1. The van der Waals surface area contributed by atoms with E-state index in [2.05, 4.69) is 14.7 Å². The first-order valence-electron chi connectivity index (χ1n) is 8.77. The first kappa shape index (κ1) is 20.1.